The molecule has 3 amide bonds. The lowest BCUT2D eigenvalue weighted by Crippen LogP contribution is -2.57. The topological polar surface area (TPSA) is 106 Å². The monoisotopic (exact) mass is 756 g/mol. The molecule has 11 nitrogen and oxygen atoms in total. The van der Waals surface area contributed by atoms with Gasteiger partial charge in [0.1, 0.15) is 18.2 Å². The van der Waals surface area contributed by atoms with Crippen LogP contribution in [0.1, 0.15) is 78.4 Å². The summed E-state index contributed by atoms with van der Waals surface area (Å²) in [6, 6.07) is 18.3. The second kappa shape index (κ2) is 19.6. The van der Waals surface area contributed by atoms with Crippen LogP contribution in [0.15, 0.2) is 72.3 Å². The number of carbonyl (C=O) groups excluding carboxylic acids is 4. The fraction of sp³-hybridized carbons (Fsp3) is 0.591. The zero-order valence-electron chi connectivity index (χ0n) is 34.2. The lowest BCUT2D eigenvalue weighted by Gasteiger charge is -2.37. The molecule has 3 aliphatic rings. The predicted octanol–water partition coefficient (Wildman–Crippen LogP) is 5.14. The minimum absolute atomic E-state index is 0.00905. The number of ether oxygens (including phenoxy) is 1. The minimum atomic E-state index is -0.693. The van der Waals surface area contributed by atoms with Gasteiger partial charge in [0.25, 0.3) is 0 Å². The Kier molecular flexibility index (Phi) is 14.9. The van der Waals surface area contributed by atoms with Crippen LogP contribution in [0.4, 0.5) is 5.69 Å². The van der Waals surface area contributed by atoms with Crippen molar-refractivity contribution in [3.8, 4) is 0 Å². The average Bonchev–Trinajstić information content (AvgIpc) is 3.69. The number of benzene rings is 2. The van der Waals surface area contributed by atoms with Crippen molar-refractivity contribution in [1.29, 1.82) is 0 Å². The first kappa shape index (κ1) is 41.9. The molecule has 11 heteroatoms. The van der Waals surface area contributed by atoms with Gasteiger partial charge < -0.3 is 24.8 Å². The Bertz CT molecular complexity index is 1610. The number of nitrogens with zero attached hydrogens (tertiary/aromatic N) is 5. The number of para-hydroxylation sites is 1. The van der Waals surface area contributed by atoms with Crippen LogP contribution in [-0.2, 0) is 23.9 Å². The zero-order chi connectivity index (χ0) is 39.6. The molecule has 3 heterocycles. The van der Waals surface area contributed by atoms with Crippen molar-refractivity contribution in [1.82, 2.24) is 24.9 Å². The molecule has 5 rings (SSSR count). The summed E-state index contributed by atoms with van der Waals surface area (Å²) >= 11 is 0. The van der Waals surface area contributed by atoms with Gasteiger partial charge in [0.05, 0.1) is 12.1 Å². The first-order valence-electron chi connectivity index (χ1n) is 20.4. The number of hydrogen-bond donors (Lipinski definition) is 1. The number of rotatable bonds is 14. The van der Waals surface area contributed by atoms with E-state index in [1.165, 1.54) is 5.69 Å². The van der Waals surface area contributed by atoms with E-state index in [1.54, 1.807) is 23.8 Å². The number of carbonyl (C=O) groups is 4. The van der Waals surface area contributed by atoms with Gasteiger partial charge in [0, 0.05) is 57.6 Å². The Morgan fingerprint density at radius 1 is 0.818 bits per heavy atom. The second-order valence-electron chi connectivity index (χ2n) is 16.4. The zero-order valence-corrected chi connectivity index (χ0v) is 34.2. The number of nitrogens with one attached hydrogen (secondary N) is 1. The third-order valence-corrected chi connectivity index (χ3v) is 11.7. The number of hydrogen-bond acceptors (Lipinski definition) is 8. The van der Waals surface area contributed by atoms with Gasteiger partial charge >= 0.3 is 5.97 Å². The van der Waals surface area contributed by atoms with E-state index in [0.29, 0.717) is 31.5 Å². The molecule has 55 heavy (non-hydrogen) atoms. The largest absolute Gasteiger partial charge is 0.455 e. The summed E-state index contributed by atoms with van der Waals surface area (Å²) < 4.78 is 6.32. The summed E-state index contributed by atoms with van der Waals surface area (Å²) in [5.41, 5.74) is 2.62. The Labute approximate surface area is 329 Å². The van der Waals surface area contributed by atoms with Crippen molar-refractivity contribution in [2.45, 2.75) is 97.0 Å². The van der Waals surface area contributed by atoms with Crippen LogP contribution >= 0.6 is 0 Å². The summed E-state index contributed by atoms with van der Waals surface area (Å²) in [6.07, 6.45) is 5.46. The molecule has 300 valence electrons. The van der Waals surface area contributed by atoms with E-state index in [4.69, 9.17) is 4.74 Å². The molecule has 0 bridgehead atoms. The fourth-order valence-corrected chi connectivity index (χ4v) is 8.26. The van der Waals surface area contributed by atoms with Gasteiger partial charge in [-0.2, -0.15) is 0 Å². The van der Waals surface area contributed by atoms with Gasteiger partial charge in [-0.25, -0.2) is 4.79 Å². The number of likely N-dealkylation sites (tertiary alicyclic amines) is 2. The third-order valence-electron chi connectivity index (χ3n) is 11.7. The van der Waals surface area contributed by atoms with E-state index in [1.807, 2.05) is 77.2 Å². The van der Waals surface area contributed by atoms with Gasteiger partial charge in [0.15, 0.2) is 0 Å². The molecule has 0 spiro atoms. The molecule has 2 aromatic carbocycles. The first-order chi connectivity index (χ1) is 26.3. The van der Waals surface area contributed by atoms with Crippen molar-refractivity contribution >= 4 is 29.4 Å². The molecule has 2 aromatic rings. The van der Waals surface area contributed by atoms with E-state index in [-0.39, 0.29) is 41.6 Å². The Hall–Kier alpha value is -4.22. The molecule has 1 N–H and O–H groups in total. The van der Waals surface area contributed by atoms with Gasteiger partial charge in [-0.15, -0.1) is 0 Å². The fourth-order valence-electron chi connectivity index (χ4n) is 8.26. The maximum absolute atomic E-state index is 14.1. The first-order valence-corrected chi connectivity index (χ1v) is 20.4. The van der Waals surface area contributed by atoms with E-state index in [0.717, 1.165) is 57.5 Å². The van der Waals surface area contributed by atoms with Crippen molar-refractivity contribution in [3.05, 3.63) is 77.9 Å². The number of esters is 1. The summed E-state index contributed by atoms with van der Waals surface area (Å²) in [5, 5.41) is 3.07. The lowest BCUT2D eigenvalue weighted by atomic mass is 9.96. The summed E-state index contributed by atoms with van der Waals surface area (Å²) in [7, 11) is 3.71. The minimum Gasteiger partial charge on any atom is -0.455 e. The van der Waals surface area contributed by atoms with Crippen molar-refractivity contribution in [3.63, 3.8) is 0 Å². The van der Waals surface area contributed by atoms with Gasteiger partial charge in [-0.1, -0.05) is 88.7 Å². The van der Waals surface area contributed by atoms with E-state index in [2.05, 4.69) is 44.3 Å². The summed E-state index contributed by atoms with van der Waals surface area (Å²) in [4.78, 5) is 65.5. The molecular formula is C44H64N6O5. The van der Waals surface area contributed by atoms with Crippen molar-refractivity contribution < 1.29 is 23.9 Å². The highest BCUT2D eigenvalue weighted by Crippen LogP contribution is 2.27. The number of piperazine rings is 1. The van der Waals surface area contributed by atoms with Crippen LogP contribution in [0, 0.1) is 11.8 Å². The molecule has 0 aliphatic carbocycles. The van der Waals surface area contributed by atoms with Crippen LogP contribution in [0.2, 0.25) is 0 Å². The molecule has 0 radical (unpaired) electrons. The second-order valence-corrected chi connectivity index (χ2v) is 16.4. The van der Waals surface area contributed by atoms with Crippen LogP contribution < -0.4 is 10.2 Å². The molecular weight excluding hydrogens is 693 g/mol. The predicted molar refractivity (Wildman–Crippen MR) is 217 cm³/mol. The van der Waals surface area contributed by atoms with Gasteiger partial charge in [0.2, 0.25) is 17.7 Å². The Balaban J connectivity index is 1.24. The number of anilines is 1. The highest BCUT2D eigenvalue weighted by atomic mass is 16.5. The molecule has 5 atom stereocenters. The summed E-state index contributed by atoms with van der Waals surface area (Å²) in [5.74, 6) is -1.05. The average molecular weight is 757 g/mol. The maximum Gasteiger partial charge on any atom is 0.329 e. The van der Waals surface area contributed by atoms with Crippen molar-refractivity contribution in [2.75, 3.05) is 64.8 Å². The third kappa shape index (κ3) is 10.8. The Morgan fingerprint density at radius 2 is 1.45 bits per heavy atom. The van der Waals surface area contributed by atoms with Gasteiger partial charge in [-0.05, 0) is 75.7 Å². The van der Waals surface area contributed by atoms with E-state index in [9.17, 15) is 19.2 Å². The molecule has 3 aliphatic heterocycles. The lowest BCUT2D eigenvalue weighted by molar-refractivity contribution is -0.158. The molecule has 3 saturated heterocycles. The normalized spacial score (nSPS) is 21.7. The number of piperidine rings is 1. The Morgan fingerprint density at radius 3 is 2.07 bits per heavy atom. The highest BCUT2D eigenvalue weighted by molar-refractivity contribution is 5.96. The molecule has 0 aromatic heterocycles. The van der Waals surface area contributed by atoms with Crippen LogP contribution in [0.3, 0.4) is 0 Å². The van der Waals surface area contributed by atoms with Crippen molar-refractivity contribution in [2.24, 2.45) is 11.8 Å². The highest BCUT2D eigenvalue weighted by Gasteiger charge is 2.39. The molecule has 0 saturated carbocycles. The molecule has 2 unspecified atom stereocenters. The smallest absolute Gasteiger partial charge is 0.329 e. The van der Waals surface area contributed by atoms with Gasteiger partial charge in [-0.3, -0.25) is 24.2 Å². The van der Waals surface area contributed by atoms with Crippen LogP contribution in [-0.4, -0.2) is 127 Å². The maximum atomic E-state index is 14.1. The quantitative estimate of drug-likeness (QED) is 0.209. The van der Waals surface area contributed by atoms with E-state index < -0.39 is 24.2 Å². The van der Waals surface area contributed by atoms with E-state index >= 15 is 0 Å². The standard InChI is InChI=1S/C44H64N6O5/c1-31(2)38(47(7)43(53)40(32(3)4)45-41(51)36-21-14-15-23-46(36)6)29-33(5)42(52)50-24-16-22-37(50)44(54)55-39(34-17-10-8-11-18-34)30-48-25-27-49(28-26-48)35-19-12-9-13-20-35/h8-13,17-20,29,31-32,36-40H,14-16,21-28,30H2,1-7H3,(H,45,51)/b33-29+/t36?,37-,38+,39?,40-/m0/s1. The SMILES string of the molecule is C/C(=C\[C@H](C(C)C)N(C)C(=O)[C@@H](NC(=O)C1CCCCN1C)C(C)C)C(=O)N1CCC[C@H]1C(=O)OC(CN1CCN(c2ccccc2)CC1)c1ccccc1. The number of likely N-dealkylation sites (N-methyl/N-ethyl adjacent to an activating group) is 2. The summed E-state index contributed by atoms with van der Waals surface area (Å²) in [6.45, 7) is 15.1. The number of amides is 3. The molecule has 3 fully saturated rings. The van der Waals surface area contributed by atoms with Crippen LogP contribution in [0.25, 0.3) is 0 Å². The van der Waals surface area contributed by atoms with Crippen LogP contribution in [0.5, 0.6) is 0 Å².